The predicted molar refractivity (Wildman–Crippen MR) is 69.0 cm³/mol. The molecule has 0 N–H and O–H groups in total. The quantitative estimate of drug-likeness (QED) is 0.604. The molecule has 88 valence electrons. The van der Waals surface area contributed by atoms with E-state index in [1.807, 2.05) is 39.8 Å². The Labute approximate surface area is 105 Å². The molecular weight excluding hydrogens is 268 g/mol. The van der Waals surface area contributed by atoms with Gasteiger partial charge in [0.05, 0.1) is 5.56 Å². The monoisotopic (exact) mass is 284 g/mol. The summed E-state index contributed by atoms with van der Waals surface area (Å²) in [6.07, 6.45) is 0. The maximum absolute atomic E-state index is 11.7. The molecule has 1 unspecified atom stereocenters. The molecule has 1 rings (SSSR count). The van der Waals surface area contributed by atoms with Crippen LogP contribution in [0.4, 0.5) is 0 Å². The number of ether oxygens (including phenoxy) is 1. The van der Waals surface area contributed by atoms with E-state index in [1.165, 1.54) is 0 Å². The lowest BCUT2D eigenvalue weighted by molar-refractivity contribution is 0.00695. The third-order valence-corrected chi connectivity index (χ3v) is 2.53. The number of halogens is 1. The van der Waals surface area contributed by atoms with Crippen molar-refractivity contribution < 1.29 is 9.53 Å². The molecule has 2 nitrogen and oxygen atoms in total. The fourth-order valence-corrected chi connectivity index (χ4v) is 1.53. The molecule has 1 atom stereocenters. The van der Waals surface area contributed by atoms with Gasteiger partial charge in [0.15, 0.2) is 0 Å². The number of carbonyl (C=O) groups is 1. The second-order valence-corrected chi connectivity index (χ2v) is 6.11. The van der Waals surface area contributed by atoms with E-state index in [0.29, 0.717) is 10.4 Å². The van der Waals surface area contributed by atoms with Crippen LogP contribution in [0.5, 0.6) is 0 Å². The Hall–Kier alpha value is -0.830. The van der Waals surface area contributed by atoms with Crippen LogP contribution in [0.25, 0.3) is 0 Å². The molecule has 0 saturated heterocycles. The lowest BCUT2D eigenvalue weighted by atomic mass is 10.1. The van der Waals surface area contributed by atoms with E-state index in [1.54, 1.807) is 12.1 Å². The topological polar surface area (TPSA) is 26.3 Å². The Balaban J connectivity index is 2.78. The molecule has 0 bridgehead atoms. The summed E-state index contributed by atoms with van der Waals surface area (Å²) >= 11 is 3.48. The van der Waals surface area contributed by atoms with Gasteiger partial charge in [0.2, 0.25) is 0 Å². The zero-order valence-corrected chi connectivity index (χ0v) is 11.7. The summed E-state index contributed by atoms with van der Waals surface area (Å²) < 4.78 is 5.27. The van der Waals surface area contributed by atoms with Crippen LogP contribution in [0, 0.1) is 0 Å². The molecule has 0 radical (unpaired) electrons. The largest absolute Gasteiger partial charge is 0.456 e. The molecule has 16 heavy (non-hydrogen) atoms. The standard InChI is InChI=1S/C13H17BrO2/c1-9(14)10-5-7-11(8-6-10)12(15)16-13(2,3)4/h5-9H,1-4H3. The summed E-state index contributed by atoms with van der Waals surface area (Å²) in [5, 5.41) is 0. The lowest BCUT2D eigenvalue weighted by Crippen LogP contribution is -2.23. The smallest absolute Gasteiger partial charge is 0.338 e. The highest BCUT2D eigenvalue weighted by Gasteiger charge is 2.17. The normalized spacial score (nSPS) is 13.3. The van der Waals surface area contributed by atoms with Crippen molar-refractivity contribution in [3.63, 3.8) is 0 Å². The molecule has 0 aliphatic carbocycles. The van der Waals surface area contributed by atoms with Crippen molar-refractivity contribution in [1.82, 2.24) is 0 Å². The average Bonchev–Trinajstić information content (AvgIpc) is 2.15. The fraction of sp³-hybridized carbons (Fsp3) is 0.462. The van der Waals surface area contributed by atoms with E-state index in [0.717, 1.165) is 5.56 Å². The van der Waals surface area contributed by atoms with Crippen LogP contribution in [-0.2, 0) is 4.74 Å². The molecule has 0 saturated carbocycles. The van der Waals surface area contributed by atoms with Gasteiger partial charge in [-0.15, -0.1) is 0 Å². The second-order valence-electron chi connectivity index (χ2n) is 4.74. The summed E-state index contributed by atoms with van der Waals surface area (Å²) in [6, 6.07) is 7.44. The molecule has 0 amide bonds. The van der Waals surface area contributed by atoms with Crippen LogP contribution in [0.1, 0.15) is 48.4 Å². The van der Waals surface area contributed by atoms with E-state index in [2.05, 4.69) is 15.9 Å². The van der Waals surface area contributed by atoms with Crippen molar-refractivity contribution in [2.45, 2.75) is 38.1 Å². The van der Waals surface area contributed by atoms with Crippen LogP contribution < -0.4 is 0 Å². The van der Waals surface area contributed by atoms with Gasteiger partial charge in [-0.2, -0.15) is 0 Å². The zero-order chi connectivity index (χ0) is 12.3. The summed E-state index contributed by atoms with van der Waals surface area (Å²) in [5.41, 5.74) is 1.29. The van der Waals surface area contributed by atoms with Crippen molar-refractivity contribution >= 4 is 21.9 Å². The van der Waals surface area contributed by atoms with Gasteiger partial charge < -0.3 is 4.74 Å². The SMILES string of the molecule is CC(Br)c1ccc(C(=O)OC(C)(C)C)cc1. The molecule has 1 aromatic carbocycles. The summed E-state index contributed by atoms with van der Waals surface area (Å²) in [5.74, 6) is -0.277. The van der Waals surface area contributed by atoms with Gasteiger partial charge in [-0.3, -0.25) is 0 Å². The number of esters is 1. The number of hydrogen-bond acceptors (Lipinski definition) is 2. The number of alkyl halides is 1. The molecule has 0 aromatic heterocycles. The van der Waals surface area contributed by atoms with E-state index in [4.69, 9.17) is 4.74 Å². The first-order valence-corrected chi connectivity index (χ1v) is 6.18. The van der Waals surface area contributed by atoms with Gasteiger partial charge in [-0.05, 0) is 45.4 Å². The van der Waals surface area contributed by atoms with Crippen LogP contribution in [0.2, 0.25) is 0 Å². The second kappa shape index (κ2) is 5.00. The van der Waals surface area contributed by atoms with Gasteiger partial charge in [0, 0.05) is 4.83 Å². The van der Waals surface area contributed by atoms with E-state index >= 15 is 0 Å². The number of hydrogen-bond donors (Lipinski definition) is 0. The highest BCUT2D eigenvalue weighted by molar-refractivity contribution is 9.09. The average molecular weight is 285 g/mol. The molecular formula is C13H17BrO2. The first-order valence-electron chi connectivity index (χ1n) is 5.27. The van der Waals surface area contributed by atoms with Crippen molar-refractivity contribution in [2.75, 3.05) is 0 Å². The molecule has 3 heteroatoms. The predicted octanol–water partition coefficient (Wildman–Crippen LogP) is 4.10. The fourth-order valence-electron chi connectivity index (χ4n) is 1.22. The van der Waals surface area contributed by atoms with Crippen LogP contribution >= 0.6 is 15.9 Å². The maximum atomic E-state index is 11.7. The van der Waals surface area contributed by atoms with Crippen molar-refractivity contribution in [2.24, 2.45) is 0 Å². The minimum absolute atomic E-state index is 0.277. The van der Waals surface area contributed by atoms with Crippen molar-refractivity contribution in [3.8, 4) is 0 Å². The first kappa shape index (κ1) is 13.2. The molecule has 0 fully saturated rings. The van der Waals surface area contributed by atoms with Gasteiger partial charge in [-0.1, -0.05) is 28.1 Å². The summed E-state index contributed by atoms with van der Waals surface area (Å²) in [6.45, 7) is 7.63. The molecule has 1 aromatic rings. The Bertz CT molecular complexity index is 361. The molecule has 0 heterocycles. The Morgan fingerprint density at radius 2 is 1.75 bits per heavy atom. The van der Waals surface area contributed by atoms with Gasteiger partial charge >= 0.3 is 5.97 Å². The van der Waals surface area contributed by atoms with Gasteiger partial charge in [0.25, 0.3) is 0 Å². The van der Waals surface area contributed by atoms with E-state index in [9.17, 15) is 4.79 Å². The van der Waals surface area contributed by atoms with Gasteiger partial charge in [-0.25, -0.2) is 4.79 Å². The summed E-state index contributed by atoms with van der Waals surface area (Å²) in [4.78, 5) is 12.0. The summed E-state index contributed by atoms with van der Waals surface area (Å²) in [7, 11) is 0. The van der Waals surface area contributed by atoms with Crippen molar-refractivity contribution in [3.05, 3.63) is 35.4 Å². The number of benzene rings is 1. The minimum atomic E-state index is -0.446. The lowest BCUT2D eigenvalue weighted by Gasteiger charge is -2.19. The molecule has 0 aliphatic heterocycles. The molecule has 0 spiro atoms. The highest BCUT2D eigenvalue weighted by atomic mass is 79.9. The Morgan fingerprint density at radius 3 is 2.12 bits per heavy atom. The highest BCUT2D eigenvalue weighted by Crippen LogP contribution is 2.22. The third kappa shape index (κ3) is 3.97. The van der Waals surface area contributed by atoms with Crippen LogP contribution in [-0.4, -0.2) is 11.6 Å². The maximum Gasteiger partial charge on any atom is 0.338 e. The van der Waals surface area contributed by atoms with E-state index < -0.39 is 5.60 Å². The zero-order valence-electron chi connectivity index (χ0n) is 10.1. The molecule has 0 aliphatic rings. The number of carbonyl (C=O) groups excluding carboxylic acids is 1. The van der Waals surface area contributed by atoms with Gasteiger partial charge in [0.1, 0.15) is 5.60 Å². The third-order valence-electron chi connectivity index (χ3n) is 2.00. The Kier molecular flexibility index (Phi) is 4.14. The minimum Gasteiger partial charge on any atom is -0.456 e. The van der Waals surface area contributed by atoms with Crippen molar-refractivity contribution in [1.29, 1.82) is 0 Å². The number of rotatable bonds is 2. The van der Waals surface area contributed by atoms with Crippen LogP contribution in [0.15, 0.2) is 24.3 Å². The van der Waals surface area contributed by atoms with E-state index in [-0.39, 0.29) is 5.97 Å². The Morgan fingerprint density at radius 1 is 1.25 bits per heavy atom. The first-order chi connectivity index (χ1) is 7.29. The van der Waals surface area contributed by atoms with Crippen LogP contribution in [0.3, 0.4) is 0 Å².